The number of aliphatic hydroxyl groups is 1. The zero-order valence-corrected chi connectivity index (χ0v) is 8.88. The lowest BCUT2D eigenvalue weighted by molar-refractivity contribution is 0.289. The summed E-state index contributed by atoms with van der Waals surface area (Å²) in [6, 6.07) is 0.341. The lowest BCUT2D eigenvalue weighted by atomic mass is 10.1. The molecular weight excluding hydrogens is 162 g/mol. The van der Waals surface area contributed by atoms with Crippen LogP contribution in [-0.2, 0) is 0 Å². The summed E-state index contributed by atoms with van der Waals surface area (Å²) >= 11 is 0. The minimum atomic E-state index is 0.197. The van der Waals surface area contributed by atoms with E-state index in [1.54, 1.807) is 0 Å². The average molecular weight is 183 g/mol. The monoisotopic (exact) mass is 183 g/mol. The SMILES string of the molecule is CC/C=C\C=C(/C)C(C)NCCO. The zero-order valence-electron chi connectivity index (χ0n) is 8.88. The van der Waals surface area contributed by atoms with E-state index in [0.717, 1.165) is 6.42 Å². The summed E-state index contributed by atoms with van der Waals surface area (Å²) in [6.07, 6.45) is 7.38. The van der Waals surface area contributed by atoms with Gasteiger partial charge in [-0.25, -0.2) is 0 Å². The average Bonchev–Trinajstić information content (AvgIpc) is 2.14. The van der Waals surface area contributed by atoms with Crippen LogP contribution in [-0.4, -0.2) is 24.3 Å². The fourth-order valence-corrected chi connectivity index (χ4v) is 0.942. The molecule has 0 aliphatic carbocycles. The Morgan fingerprint density at radius 1 is 1.54 bits per heavy atom. The van der Waals surface area contributed by atoms with Crippen molar-refractivity contribution in [3.05, 3.63) is 23.8 Å². The van der Waals surface area contributed by atoms with Crippen molar-refractivity contribution in [3.63, 3.8) is 0 Å². The topological polar surface area (TPSA) is 32.3 Å². The van der Waals surface area contributed by atoms with Crippen molar-refractivity contribution in [2.45, 2.75) is 33.2 Å². The van der Waals surface area contributed by atoms with Crippen molar-refractivity contribution in [3.8, 4) is 0 Å². The molecule has 0 bridgehead atoms. The van der Waals surface area contributed by atoms with Crippen LogP contribution in [0.5, 0.6) is 0 Å². The van der Waals surface area contributed by atoms with Crippen LogP contribution >= 0.6 is 0 Å². The third-order valence-electron chi connectivity index (χ3n) is 1.98. The molecule has 1 atom stereocenters. The van der Waals surface area contributed by atoms with E-state index in [9.17, 15) is 0 Å². The first-order chi connectivity index (χ1) is 6.22. The summed E-state index contributed by atoms with van der Waals surface area (Å²) in [5.41, 5.74) is 1.29. The second-order valence-corrected chi connectivity index (χ2v) is 3.15. The van der Waals surface area contributed by atoms with Crippen LogP contribution in [0.4, 0.5) is 0 Å². The highest BCUT2D eigenvalue weighted by Crippen LogP contribution is 2.00. The molecule has 13 heavy (non-hydrogen) atoms. The highest BCUT2D eigenvalue weighted by molar-refractivity contribution is 5.14. The normalized spacial score (nSPS) is 15.2. The minimum Gasteiger partial charge on any atom is -0.395 e. The van der Waals surface area contributed by atoms with Gasteiger partial charge in [-0.2, -0.15) is 0 Å². The molecule has 2 N–H and O–H groups in total. The molecule has 0 aromatic rings. The molecule has 0 spiro atoms. The summed E-state index contributed by atoms with van der Waals surface area (Å²) in [7, 11) is 0. The maximum atomic E-state index is 8.62. The van der Waals surface area contributed by atoms with Crippen molar-refractivity contribution in [2.24, 2.45) is 0 Å². The first kappa shape index (κ1) is 12.4. The number of rotatable bonds is 6. The summed E-state index contributed by atoms with van der Waals surface area (Å²) in [5.74, 6) is 0. The maximum absolute atomic E-state index is 8.62. The van der Waals surface area contributed by atoms with Gasteiger partial charge in [0.15, 0.2) is 0 Å². The van der Waals surface area contributed by atoms with E-state index in [4.69, 9.17) is 5.11 Å². The van der Waals surface area contributed by atoms with Crippen LogP contribution in [0.2, 0.25) is 0 Å². The van der Waals surface area contributed by atoms with E-state index >= 15 is 0 Å². The van der Waals surface area contributed by atoms with Gasteiger partial charge < -0.3 is 10.4 Å². The number of hydrogen-bond donors (Lipinski definition) is 2. The molecular formula is C11H21NO. The Morgan fingerprint density at radius 3 is 2.77 bits per heavy atom. The van der Waals surface area contributed by atoms with Gasteiger partial charge in [0, 0.05) is 12.6 Å². The van der Waals surface area contributed by atoms with Crippen LogP contribution < -0.4 is 5.32 Å². The molecule has 0 saturated carbocycles. The predicted octanol–water partition coefficient (Wildman–Crippen LogP) is 1.87. The van der Waals surface area contributed by atoms with E-state index < -0.39 is 0 Å². The van der Waals surface area contributed by atoms with E-state index in [0.29, 0.717) is 12.6 Å². The molecule has 0 aliphatic heterocycles. The van der Waals surface area contributed by atoms with E-state index in [2.05, 4.69) is 44.3 Å². The molecule has 0 aromatic heterocycles. The standard InChI is InChI=1S/C11H21NO/c1-4-5-6-7-10(2)11(3)12-8-9-13/h5-7,11-13H,4,8-9H2,1-3H3/b6-5-,10-7+. The van der Waals surface area contributed by atoms with Crippen LogP contribution in [0, 0.1) is 0 Å². The molecule has 0 aromatic carbocycles. The molecule has 0 heterocycles. The lowest BCUT2D eigenvalue weighted by Crippen LogP contribution is -2.29. The second kappa shape index (κ2) is 8.02. The number of aliphatic hydroxyl groups excluding tert-OH is 1. The van der Waals surface area contributed by atoms with Crippen molar-refractivity contribution in [1.82, 2.24) is 5.32 Å². The molecule has 0 radical (unpaired) electrons. The smallest absolute Gasteiger partial charge is 0.0556 e. The van der Waals surface area contributed by atoms with Gasteiger partial charge in [0.2, 0.25) is 0 Å². The van der Waals surface area contributed by atoms with Crippen molar-refractivity contribution in [2.75, 3.05) is 13.2 Å². The molecule has 0 rings (SSSR count). The van der Waals surface area contributed by atoms with Crippen LogP contribution in [0.25, 0.3) is 0 Å². The third kappa shape index (κ3) is 6.55. The summed E-state index contributed by atoms with van der Waals surface area (Å²) in [5, 5.41) is 11.8. The zero-order chi connectivity index (χ0) is 10.1. The minimum absolute atomic E-state index is 0.197. The Balaban J connectivity index is 3.85. The maximum Gasteiger partial charge on any atom is 0.0556 e. The van der Waals surface area contributed by atoms with Crippen LogP contribution in [0.15, 0.2) is 23.8 Å². The molecule has 0 fully saturated rings. The molecule has 0 aliphatic rings. The first-order valence-electron chi connectivity index (χ1n) is 4.90. The molecule has 0 saturated heterocycles. The Hall–Kier alpha value is -0.600. The lowest BCUT2D eigenvalue weighted by Gasteiger charge is -2.12. The molecule has 1 unspecified atom stereocenters. The number of hydrogen-bond acceptors (Lipinski definition) is 2. The van der Waals surface area contributed by atoms with Crippen molar-refractivity contribution in [1.29, 1.82) is 0 Å². The van der Waals surface area contributed by atoms with Crippen molar-refractivity contribution < 1.29 is 5.11 Å². The predicted molar refractivity (Wildman–Crippen MR) is 57.7 cm³/mol. The molecule has 2 heteroatoms. The van der Waals surface area contributed by atoms with Gasteiger partial charge in [-0.1, -0.05) is 30.7 Å². The Morgan fingerprint density at radius 2 is 2.23 bits per heavy atom. The fourth-order valence-electron chi connectivity index (χ4n) is 0.942. The largest absolute Gasteiger partial charge is 0.395 e. The van der Waals surface area contributed by atoms with Gasteiger partial charge in [0.1, 0.15) is 0 Å². The molecule has 76 valence electrons. The van der Waals surface area contributed by atoms with Gasteiger partial charge >= 0.3 is 0 Å². The van der Waals surface area contributed by atoms with Crippen molar-refractivity contribution >= 4 is 0 Å². The summed E-state index contributed by atoms with van der Waals surface area (Å²) in [6.45, 7) is 7.16. The van der Waals surface area contributed by atoms with Gasteiger partial charge in [-0.15, -0.1) is 0 Å². The first-order valence-corrected chi connectivity index (χ1v) is 4.90. The Labute approximate surface area is 81.4 Å². The van der Waals surface area contributed by atoms with E-state index in [1.165, 1.54) is 5.57 Å². The van der Waals surface area contributed by atoms with E-state index in [1.807, 2.05) is 0 Å². The second-order valence-electron chi connectivity index (χ2n) is 3.15. The van der Waals surface area contributed by atoms with Gasteiger partial charge in [0.05, 0.1) is 6.61 Å². The quantitative estimate of drug-likeness (QED) is 0.616. The fraction of sp³-hybridized carbons (Fsp3) is 0.636. The van der Waals surface area contributed by atoms with Gasteiger partial charge in [-0.3, -0.25) is 0 Å². The van der Waals surface area contributed by atoms with Crippen LogP contribution in [0.3, 0.4) is 0 Å². The van der Waals surface area contributed by atoms with Gasteiger partial charge in [0.25, 0.3) is 0 Å². The van der Waals surface area contributed by atoms with Gasteiger partial charge in [-0.05, 0) is 20.3 Å². The Kier molecular flexibility index (Phi) is 7.65. The van der Waals surface area contributed by atoms with E-state index in [-0.39, 0.29) is 6.61 Å². The Bertz CT molecular complexity index is 173. The summed E-state index contributed by atoms with van der Waals surface area (Å²) < 4.78 is 0. The molecule has 2 nitrogen and oxygen atoms in total. The van der Waals surface area contributed by atoms with Crippen LogP contribution in [0.1, 0.15) is 27.2 Å². The third-order valence-corrected chi connectivity index (χ3v) is 1.98. The molecule has 0 amide bonds. The summed E-state index contributed by atoms with van der Waals surface area (Å²) in [4.78, 5) is 0. The number of nitrogens with one attached hydrogen (secondary N) is 1. The highest BCUT2D eigenvalue weighted by atomic mass is 16.3. The number of allylic oxidation sites excluding steroid dienone is 3. The highest BCUT2D eigenvalue weighted by Gasteiger charge is 2.00.